The van der Waals surface area contributed by atoms with Crippen molar-refractivity contribution in [2.45, 2.75) is 6.92 Å². The number of carbonyl (C=O) groups is 1. The van der Waals surface area contributed by atoms with Crippen LogP contribution in [0.2, 0.25) is 5.02 Å². The van der Waals surface area contributed by atoms with E-state index in [-0.39, 0.29) is 5.97 Å². The zero-order valence-corrected chi connectivity index (χ0v) is 14.5. The van der Waals surface area contributed by atoms with Gasteiger partial charge in [0.15, 0.2) is 5.11 Å². The van der Waals surface area contributed by atoms with Gasteiger partial charge in [-0.05, 0) is 42.9 Å². The van der Waals surface area contributed by atoms with Gasteiger partial charge in [-0.2, -0.15) is 0 Å². The van der Waals surface area contributed by atoms with Gasteiger partial charge in [0, 0.05) is 16.9 Å². The second kappa shape index (κ2) is 7.58. The van der Waals surface area contributed by atoms with E-state index < -0.39 is 0 Å². The molecule has 1 heterocycles. The third-order valence-corrected chi connectivity index (χ3v) is 4.52. The number of benzene rings is 1. The Morgan fingerprint density at radius 1 is 1.36 bits per heavy atom. The van der Waals surface area contributed by atoms with Crippen LogP contribution >= 0.6 is 35.2 Å². The number of hydrogen-bond donors (Lipinski definition) is 2. The number of ether oxygens (including phenoxy) is 1. The zero-order valence-electron chi connectivity index (χ0n) is 12.1. The number of esters is 1. The lowest BCUT2D eigenvalue weighted by Crippen LogP contribution is -2.24. The van der Waals surface area contributed by atoms with Crippen LogP contribution in [0, 0.1) is 0 Å². The van der Waals surface area contributed by atoms with Gasteiger partial charge in [-0.3, -0.25) is 0 Å². The van der Waals surface area contributed by atoms with Crippen molar-refractivity contribution in [3.8, 4) is 10.4 Å². The van der Waals surface area contributed by atoms with Crippen molar-refractivity contribution < 1.29 is 9.53 Å². The Balaban J connectivity index is 2.40. The first-order chi connectivity index (χ1) is 10.5. The molecule has 0 saturated carbocycles. The quantitative estimate of drug-likeness (QED) is 0.637. The molecular formula is C15H15ClN2O2S2. The van der Waals surface area contributed by atoms with E-state index in [0.29, 0.717) is 27.3 Å². The molecule has 0 atom stereocenters. The van der Waals surface area contributed by atoms with Gasteiger partial charge in [0.25, 0.3) is 0 Å². The van der Waals surface area contributed by atoms with Crippen LogP contribution in [0.4, 0.5) is 5.69 Å². The van der Waals surface area contributed by atoms with Gasteiger partial charge in [-0.25, -0.2) is 4.79 Å². The Morgan fingerprint density at radius 2 is 2.05 bits per heavy atom. The van der Waals surface area contributed by atoms with Gasteiger partial charge in [-0.15, -0.1) is 11.3 Å². The molecule has 0 aliphatic rings. The highest BCUT2D eigenvalue weighted by molar-refractivity contribution is 7.80. The summed E-state index contributed by atoms with van der Waals surface area (Å²) in [5.74, 6) is -0.367. The Kier molecular flexibility index (Phi) is 5.76. The van der Waals surface area contributed by atoms with Crippen molar-refractivity contribution in [3.63, 3.8) is 0 Å². The molecule has 0 spiro atoms. The minimum Gasteiger partial charge on any atom is -0.462 e. The van der Waals surface area contributed by atoms with Crippen LogP contribution < -0.4 is 10.6 Å². The summed E-state index contributed by atoms with van der Waals surface area (Å²) in [6.45, 7) is 2.10. The van der Waals surface area contributed by atoms with Crippen molar-refractivity contribution in [2.75, 3.05) is 19.0 Å². The van der Waals surface area contributed by atoms with Crippen LogP contribution in [-0.2, 0) is 4.74 Å². The van der Waals surface area contributed by atoms with Crippen LogP contribution in [0.1, 0.15) is 16.6 Å². The third-order valence-electron chi connectivity index (χ3n) is 2.80. The lowest BCUT2D eigenvalue weighted by molar-refractivity contribution is 0.0533. The summed E-state index contributed by atoms with van der Waals surface area (Å²) in [6.07, 6.45) is 0. The molecule has 0 radical (unpaired) electrons. The summed E-state index contributed by atoms with van der Waals surface area (Å²) >= 11 is 12.4. The molecule has 1 aromatic heterocycles. The van der Waals surface area contributed by atoms with E-state index in [1.807, 2.05) is 30.3 Å². The molecule has 2 N–H and O–H groups in total. The number of carbonyl (C=O) groups excluding carboxylic acids is 1. The van der Waals surface area contributed by atoms with Gasteiger partial charge in [-0.1, -0.05) is 23.7 Å². The SMILES string of the molecule is CCOC(=O)c1sc(-c2ccc(Cl)cc2)cc1NC(=S)NC. The van der Waals surface area contributed by atoms with E-state index in [1.165, 1.54) is 11.3 Å². The molecule has 0 amide bonds. The number of anilines is 1. The van der Waals surface area contributed by atoms with E-state index in [2.05, 4.69) is 10.6 Å². The average Bonchev–Trinajstić information content (AvgIpc) is 2.92. The summed E-state index contributed by atoms with van der Waals surface area (Å²) in [5, 5.41) is 6.93. The number of hydrogen-bond acceptors (Lipinski definition) is 4. The fourth-order valence-corrected chi connectivity index (χ4v) is 3.02. The molecule has 2 rings (SSSR count). The van der Waals surface area contributed by atoms with Gasteiger partial charge in [0.05, 0.1) is 12.3 Å². The maximum atomic E-state index is 12.1. The summed E-state index contributed by atoms with van der Waals surface area (Å²) < 4.78 is 5.10. The zero-order chi connectivity index (χ0) is 16.1. The van der Waals surface area contributed by atoms with E-state index >= 15 is 0 Å². The summed E-state index contributed by atoms with van der Waals surface area (Å²) in [5.41, 5.74) is 1.61. The van der Waals surface area contributed by atoms with Crippen LogP contribution in [0.15, 0.2) is 30.3 Å². The Bertz CT molecular complexity index is 683. The van der Waals surface area contributed by atoms with Crippen molar-refractivity contribution in [3.05, 3.63) is 40.2 Å². The van der Waals surface area contributed by atoms with Crippen LogP contribution in [0.3, 0.4) is 0 Å². The molecule has 0 aliphatic carbocycles. The highest BCUT2D eigenvalue weighted by Crippen LogP contribution is 2.35. The van der Waals surface area contributed by atoms with Gasteiger partial charge in [0.2, 0.25) is 0 Å². The number of halogens is 1. The monoisotopic (exact) mass is 354 g/mol. The van der Waals surface area contributed by atoms with Gasteiger partial charge in [0.1, 0.15) is 4.88 Å². The van der Waals surface area contributed by atoms with Crippen molar-refractivity contribution >= 4 is 51.9 Å². The summed E-state index contributed by atoms with van der Waals surface area (Å²) in [6, 6.07) is 9.31. The second-order valence-electron chi connectivity index (χ2n) is 4.28. The third kappa shape index (κ3) is 3.97. The lowest BCUT2D eigenvalue weighted by Gasteiger charge is -2.07. The molecule has 0 unspecified atom stereocenters. The standard InChI is InChI=1S/C15H15ClN2O2S2/c1-3-20-14(19)13-11(18-15(21)17-2)8-12(22-13)9-4-6-10(16)7-5-9/h4-8H,3H2,1-2H3,(H2,17,18,21). The Labute approximate surface area is 143 Å². The average molecular weight is 355 g/mol. The van der Waals surface area contributed by atoms with Crippen LogP contribution in [0.25, 0.3) is 10.4 Å². The topological polar surface area (TPSA) is 50.4 Å². The fraction of sp³-hybridized carbons (Fsp3) is 0.200. The molecule has 1 aromatic carbocycles. The normalized spacial score (nSPS) is 10.1. The number of thiophene rings is 1. The van der Waals surface area contributed by atoms with E-state index in [4.69, 9.17) is 28.6 Å². The molecule has 4 nitrogen and oxygen atoms in total. The van der Waals surface area contributed by atoms with Crippen molar-refractivity contribution in [1.82, 2.24) is 5.32 Å². The Hall–Kier alpha value is -1.63. The van der Waals surface area contributed by atoms with Gasteiger partial charge < -0.3 is 15.4 Å². The molecule has 0 aliphatic heterocycles. The maximum absolute atomic E-state index is 12.1. The number of rotatable bonds is 4. The lowest BCUT2D eigenvalue weighted by atomic mass is 10.2. The first-order valence-corrected chi connectivity index (χ1v) is 8.21. The smallest absolute Gasteiger partial charge is 0.350 e. The van der Waals surface area contributed by atoms with Crippen LogP contribution in [-0.4, -0.2) is 24.7 Å². The molecule has 7 heteroatoms. The van der Waals surface area contributed by atoms with Crippen molar-refractivity contribution in [2.24, 2.45) is 0 Å². The summed E-state index contributed by atoms with van der Waals surface area (Å²) in [4.78, 5) is 13.5. The van der Waals surface area contributed by atoms with E-state index in [1.54, 1.807) is 14.0 Å². The minimum atomic E-state index is -0.367. The molecule has 0 bridgehead atoms. The number of nitrogens with one attached hydrogen (secondary N) is 2. The first-order valence-electron chi connectivity index (χ1n) is 6.60. The maximum Gasteiger partial charge on any atom is 0.350 e. The minimum absolute atomic E-state index is 0.322. The van der Waals surface area contributed by atoms with E-state index in [0.717, 1.165) is 10.4 Å². The Morgan fingerprint density at radius 3 is 2.64 bits per heavy atom. The highest BCUT2D eigenvalue weighted by atomic mass is 35.5. The second-order valence-corrected chi connectivity index (χ2v) is 6.18. The molecule has 0 fully saturated rings. The molecule has 0 saturated heterocycles. The highest BCUT2D eigenvalue weighted by Gasteiger charge is 2.19. The molecule has 116 valence electrons. The van der Waals surface area contributed by atoms with Crippen LogP contribution in [0.5, 0.6) is 0 Å². The molecule has 2 aromatic rings. The fourth-order valence-electron chi connectivity index (χ4n) is 1.77. The number of thiocarbonyl (C=S) groups is 1. The van der Waals surface area contributed by atoms with E-state index in [9.17, 15) is 4.79 Å². The molecular weight excluding hydrogens is 340 g/mol. The largest absolute Gasteiger partial charge is 0.462 e. The van der Waals surface area contributed by atoms with Crippen molar-refractivity contribution in [1.29, 1.82) is 0 Å². The van der Waals surface area contributed by atoms with Gasteiger partial charge >= 0.3 is 5.97 Å². The first kappa shape index (κ1) is 16.7. The predicted molar refractivity (Wildman–Crippen MR) is 96.0 cm³/mol. The molecule has 22 heavy (non-hydrogen) atoms. The predicted octanol–water partition coefficient (Wildman–Crippen LogP) is 4.16. The summed E-state index contributed by atoms with van der Waals surface area (Å²) in [7, 11) is 1.71.